The predicted octanol–water partition coefficient (Wildman–Crippen LogP) is 2.17. The number of nitrogens with zero attached hydrogens (tertiary/aromatic N) is 1. The minimum absolute atomic E-state index is 0.0712. The molecular formula is C11H12Cl2N2O. The summed E-state index contributed by atoms with van der Waals surface area (Å²) in [5.74, 6) is -0.0968. The van der Waals surface area contributed by atoms with E-state index in [0.717, 1.165) is 6.42 Å². The third-order valence-corrected chi connectivity index (χ3v) is 3.24. The average molecular weight is 259 g/mol. The lowest BCUT2D eigenvalue weighted by molar-refractivity contribution is 0.0791. The lowest BCUT2D eigenvalue weighted by atomic mass is 10.2. The zero-order chi connectivity index (χ0) is 11.7. The molecule has 1 amide bonds. The SMILES string of the molecule is N[C@H]1CCN(C(=O)c2cc(Cl)ccc2Cl)C1. The summed E-state index contributed by atoms with van der Waals surface area (Å²) in [6.07, 6.45) is 0.837. The van der Waals surface area contributed by atoms with E-state index in [1.807, 2.05) is 0 Å². The molecule has 1 aromatic carbocycles. The van der Waals surface area contributed by atoms with Gasteiger partial charge in [0.2, 0.25) is 0 Å². The largest absolute Gasteiger partial charge is 0.337 e. The van der Waals surface area contributed by atoms with Crippen LogP contribution in [-0.2, 0) is 0 Å². The van der Waals surface area contributed by atoms with Gasteiger partial charge in [-0.3, -0.25) is 4.79 Å². The number of hydrogen-bond donors (Lipinski definition) is 1. The Morgan fingerprint density at radius 2 is 2.19 bits per heavy atom. The van der Waals surface area contributed by atoms with Crippen molar-refractivity contribution in [3.05, 3.63) is 33.8 Å². The van der Waals surface area contributed by atoms with Gasteiger partial charge in [-0.05, 0) is 24.6 Å². The van der Waals surface area contributed by atoms with Crippen LogP contribution < -0.4 is 5.73 Å². The number of rotatable bonds is 1. The highest BCUT2D eigenvalue weighted by atomic mass is 35.5. The Hall–Kier alpha value is -0.770. The maximum atomic E-state index is 12.1. The van der Waals surface area contributed by atoms with Crippen LogP contribution in [0.25, 0.3) is 0 Å². The Morgan fingerprint density at radius 1 is 1.44 bits per heavy atom. The molecule has 0 aliphatic carbocycles. The van der Waals surface area contributed by atoms with Crippen LogP contribution in [0.5, 0.6) is 0 Å². The van der Waals surface area contributed by atoms with Crippen LogP contribution in [-0.4, -0.2) is 29.9 Å². The molecular weight excluding hydrogens is 247 g/mol. The summed E-state index contributed by atoms with van der Waals surface area (Å²) in [6.45, 7) is 1.27. The van der Waals surface area contributed by atoms with Crippen LogP contribution in [0.3, 0.4) is 0 Å². The van der Waals surface area contributed by atoms with Crippen LogP contribution in [0, 0.1) is 0 Å². The van der Waals surface area contributed by atoms with Gasteiger partial charge in [-0.25, -0.2) is 0 Å². The standard InChI is InChI=1S/C11H12Cl2N2O/c12-7-1-2-10(13)9(5-7)11(16)15-4-3-8(14)6-15/h1-2,5,8H,3-4,6,14H2/t8-/m0/s1. The molecule has 5 heteroatoms. The van der Waals surface area contributed by atoms with Crippen LogP contribution in [0.2, 0.25) is 10.0 Å². The first-order chi connectivity index (χ1) is 7.58. The summed E-state index contributed by atoms with van der Waals surface area (Å²) >= 11 is 11.8. The molecule has 0 bridgehead atoms. The number of carbonyl (C=O) groups is 1. The van der Waals surface area contributed by atoms with E-state index in [4.69, 9.17) is 28.9 Å². The summed E-state index contributed by atoms with van der Waals surface area (Å²) in [7, 11) is 0. The number of likely N-dealkylation sites (tertiary alicyclic amines) is 1. The van der Waals surface area contributed by atoms with Crippen molar-refractivity contribution < 1.29 is 4.79 Å². The molecule has 1 atom stereocenters. The molecule has 1 aliphatic rings. The van der Waals surface area contributed by atoms with Crippen molar-refractivity contribution in [2.75, 3.05) is 13.1 Å². The second-order valence-electron chi connectivity index (χ2n) is 3.92. The first kappa shape index (κ1) is 11.7. The van der Waals surface area contributed by atoms with Gasteiger partial charge in [0.1, 0.15) is 0 Å². The fourth-order valence-corrected chi connectivity index (χ4v) is 2.17. The molecule has 1 saturated heterocycles. The van der Waals surface area contributed by atoms with E-state index in [1.54, 1.807) is 23.1 Å². The van der Waals surface area contributed by atoms with Crippen LogP contribution in [0.1, 0.15) is 16.8 Å². The number of benzene rings is 1. The summed E-state index contributed by atoms with van der Waals surface area (Å²) in [5.41, 5.74) is 6.20. The average Bonchev–Trinajstić information content (AvgIpc) is 2.67. The van der Waals surface area contributed by atoms with Gasteiger partial charge in [0.15, 0.2) is 0 Å². The highest BCUT2D eigenvalue weighted by Gasteiger charge is 2.25. The Labute approximate surface area is 104 Å². The topological polar surface area (TPSA) is 46.3 Å². The second-order valence-corrected chi connectivity index (χ2v) is 4.77. The van der Waals surface area contributed by atoms with Gasteiger partial charge in [0.25, 0.3) is 5.91 Å². The first-order valence-electron chi connectivity index (χ1n) is 5.08. The molecule has 0 saturated carbocycles. The highest BCUT2D eigenvalue weighted by Crippen LogP contribution is 2.23. The molecule has 1 heterocycles. The van der Waals surface area contributed by atoms with Crippen molar-refractivity contribution in [3.8, 4) is 0 Å². The van der Waals surface area contributed by atoms with Gasteiger partial charge in [0, 0.05) is 24.2 Å². The van der Waals surface area contributed by atoms with Gasteiger partial charge in [-0.1, -0.05) is 23.2 Å². The third-order valence-electron chi connectivity index (χ3n) is 2.67. The fraction of sp³-hybridized carbons (Fsp3) is 0.364. The van der Waals surface area contributed by atoms with Gasteiger partial charge < -0.3 is 10.6 Å². The highest BCUT2D eigenvalue weighted by molar-refractivity contribution is 6.35. The van der Waals surface area contributed by atoms with Crippen molar-refractivity contribution in [3.63, 3.8) is 0 Å². The van der Waals surface area contributed by atoms with Crippen LogP contribution >= 0.6 is 23.2 Å². The molecule has 16 heavy (non-hydrogen) atoms. The molecule has 2 N–H and O–H groups in total. The smallest absolute Gasteiger partial charge is 0.255 e. The predicted molar refractivity (Wildman–Crippen MR) is 65.0 cm³/mol. The van der Waals surface area contributed by atoms with Crippen molar-refractivity contribution >= 4 is 29.1 Å². The number of hydrogen-bond acceptors (Lipinski definition) is 2. The minimum atomic E-state index is -0.0968. The number of carbonyl (C=O) groups excluding carboxylic acids is 1. The van der Waals surface area contributed by atoms with Gasteiger partial charge >= 0.3 is 0 Å². The van der Waals surface area contributed by atoms with E-state index < -0.39 is 0 Å². The van der Waals surface area contributed by atoms with Crippen molar-refractivity contribution in [2.45, 2.75) is 12.5 Å². The Balaban J connectivity index is 2.23. The minimum Gasteiger partial charge on any atom is -0.337 e. The number of nitrogens with two attached hydrogens (primary N) is 1. The van der Waals surface area contributed by atoms with Crippen molar-refractivity contribution in [2.24, 2.45) is 5.73 Å². The molecule has 3 nitrogen and oxygen atoms in total. The summed E-state index contributed by atoms with van der Waals surface area (Å²) in [6, 6.07) is 4.96. The normalized spacial score (nSPS) is 20.2. The number of halogens is 2. The first-order valence-corrected chi connectivity index (χ1v) is 5.83. The molecule has 0 spiro atoms. The Morgan fingerprint density at radius 3 is 2.81 bits per heavy atom. The molecule has 1 aromatic rings. The monoisotopic (exact) mass is 258 g/mol. The van der Waals surface area contributed by atoms with E-state index in [9.17, 15) is 4.79 Å². The molecule has 2 rings (SSSR count). The molecule has 0 aromatic heterocycles. The van der Waals surface area contributed by atoms with Gasteiger partial charge in [-0.15, -0.1) is 0 Å². The van der Waals surface area contributed by atoms with E-state index >= 15 is 0 Å². The Kier molecular flexibility index (Phi) is 3.38. The van der Waals surface area contributed by atoms with E-state index in [-0.39, 0.29) is 11.9 Å². The number of amides is 1. The molecule has 1 aliphatic heterocycles. The Bertz CT molecular complexity index is 422. The van der Waals surface area contributed by atoms with Gasteiger partial charge in [0.05, 0.1) is 10.6 Å². The van der Waals surface area contributed by atoms with E-state index in [0.29, 0.717) is 28.7 Å². The molecule has 1 fully saturated rings. The third kappa shape index (κ3) is 2.32. The second kappa shape index (κ2) is 4.62. The van der Waals surface area contributed by atoms with E-state index in [2.05, 4.69) is 0 Å². The maximum absolute atomic E-state index is 12.1. The van der Waals surface area contributed by atoms with Crippen molar-refractivity contribution in [1.82, 2.24) is 4.90 Å². The maximum Gasteiger partial charge on any atom is 0.255 e. The summed E-state index contributed by atoms with van der Waals surface area (Å²) in [5, 5.41) is 0.936. The quantitative estimate of drug-likeness (QED) is 0.840. The molecule has 0 radical (unpaired) electrons. The lowest BCUT2D eigenvalue weighted by Gasteiger charge is -2.16. The van der Waals surface area contributed by atoms with Crippen LogP contribution in [0.15, 0.2) is 18.2 Å². The summed E-state index contributed by atoms with van der Waals surface area (Å²) < 4.78 is 0. The van der Waals surface area contributed by atoms with Crippen molar-refractivity contribution in [1.29, 1.82) is 0 Å². The lowest BCUT2D eigenvalue weighted by Crippen LogP contribution is -2.32. The molecule has 0 unspecified atom stereocenters. The molecule has 86 valence electrons. The zero-order valence-corrected chi connectivity index (χ0v) is 10.1. The van der Waals surface area contributed by atoms with Crippen LogP contribution in [0.4, 0.5) is 0 Å². The summed E-state index contributed by atoms with van der Waals surface area (Å²) in [4.78, 5) is 13.8. The zero-order valence-electron chi connectivity index (χ0n) is 8.62. The van der Waals surface area contributed by atoms with Gasteiger partial charge in [-0.2, -0.15) is 0 Å². The van der Waals surface area contributed by atoms with E-state index in [1.165, 1.54) is 0 Å². The fourth-order valence-electron chi connectivity index (χ4n) is 1.80.